The third-order valence-electron chi connectivity index (χ3n) is 6.41. The topological polar surface area (TPSA) is 70.6 Å². The van der Waals surface area contributed by atoms with Gasteiger partial charge in [0.1, 0.15) is 0 Å². The molecule has 0 radical (unpaired) electrons. The van der Waals surface area contributed by atoms with E-state index in [-0.39, 0.29) is 23.5 Å². The molecule has 0 aliphatic carbocycles. The van der Waals surface area contributed by atoms with Crippen LogP contribution in [0.3, 0.4) is 0 Å². The molecule has 2 aliphatic rings. The van der Waals surface area contributed by atoms with Crippen LogP contribution in [0.2, 0.25) is 5.02 Å². The minimum atomic E-state index is -2.91. The van der Waals surface area contributed by atoms with E-state index in [0.29, 0.717) is 43.2 Å². The van der Waals surface area contributed by atoms with Gasteiger partial charge in [0.25, 0.3) is 5.91 Å². The van der Waals surface area contributed by atoms with Gasteiger partial charge in [0.15, 0.2) is 9.84 Å². The maximum absolute atomic E-state index is 13.5. The lowest BCUT2D eigenvalue weighted by Gasteiger charge is -2.37. The van der Waals surface area contributed by atoms with Crippen molar-refractivity contribution in [3.05, 3.63) is 65.2 Å². The molecule has 5 rings (SSSR count). The van der Waals surface area contributed by atoms with E-state index < -0.39 is 9.84 Å². The van der Waals surface area contributed by atoms with Gasteiger partial charge in [0.2, 0.25) is 0 Å². The number of sulfone groups is 1. The highest BCUT2D eigenvalue weighted by Crippen LogP contribution is 2.27. The Morgan fingerprint density at radius 2 is 1.72 bits per heavy atom. The van der Waals surface area contributed by atoms with Crippen LogP contribution in [0, 0.1) is 0 Å². The van der Waals surface area contributed by atoms with Gasteiger partial charge in [-0.05, 0) is 30.7 Å². The first-order chi connectivity index (χ1) is 15.4. The summed E-state index contributed by atoms with van der Waals surface area (Å²) in [5.74, 6) is 0.491. The van der Waals surface area contributed by atoms with Gasteiger partial charge in [-0.15, -0.1) is 0 Å². The molecule has 1 aromatic heterocycles. The molecule has 0 spiro atoms. The SMILES string of the molecule is O=C(c1cc(-c2ccc(Cl)cc2)nc2ccccc12)N1CCN([C@H]2CCS(=O)(=O)C2)CC1. The highest BCUT2D eigenvalue weighted by Gasteiger charge is 2.34. The number of piperazine rings is 1. The molecule has 3 heterocycles. The Bertz CT molecular complexity index is 1270. The molecular formula is C24H24ClN3O3S. The van der Waals surface area contributed by atoms with Crippen molar-refractivity contribution in [3.63, 3.8) is 0 Å². The summed E-state index contributed by atoms with van der Waals surface area (Å²) < 4.78 is 23.7. The largest absolute Gasteiger partial charge is 0.336 e. The molecule has 0 saturated carbocycles. The number of carbonyl (C=O) groups excluding carboxylic acids is 1. The summed E-state index contributed by atoms with van der Waals surface area (Å²) in [5.41, 5.74) is 3.05. The Kier molecular flexibility index (Phi) is 5.65. The van der Waals surface area contributed by atoms with Crippen molar-refractivity contribution in [2.45, 2.75) is 12.5 Å². The van der Waals surface area contributed by atoms with Crippen LogP contribution in [0.25, 0.3) is 22.2 Å². The number of aromatic nitrogens is 1. The molecule has 2 saturated heterocycles. The number of halogens is 1. The fourth-order valence-electron chi connectivity index (χ4n) is 4.64. The Morgan fingerprint density at radius 1 is 1.00 bits per heavy atom. The number of fused-ring (bicyclic) bond motifs is 1. The van der Waals surface area contributed by atoms with Gasteiger partial charge in [-0.1, -0.05) is 41.9 Å². The molecular weight excluding hydrogens is 446 g/mol. The summed E-state index contributed by atoms with van der Waals surface area (Å²) in [6, 6.07) is 17.1. The molecule has 6 nitrogen and oxygen atoms in total. The highest BCUT2D eigenvalue weighted by atomic mass is 35.5. The molecule has 32 heavy (non-hydrogen) atoms. The van der Waals surface area contributed by atoms with Gasteiger partial charge in [-0.2, -0.15) is 0 Å². The maximum Gasteiger partial charge on any atom is 0.254 e. The van der Waals surface area contributed by atoms with E-state index in [2.05, 4.69) is 4.90 Å². The van der Waals surface area contributed by atoms with E-state index >= 15 is 0 Å². The molecule has 1 amide bonds. The molecule has 2 aromatic carbocycles. The zero-order chi connectivity index (χ0) is 22.3. The van der Waals surface area contributed by atoms with Gasteiger partial charge >= 0.3 is 0 Å². The van der Waals surface area contributed by atoms with E-state index in [1.165, 1.54) is 0 Å². The van der Waals surface area contributed by atoms with E-state index in [1.54, 1.807) is 0 Å². The van der Waals surface area contributed by atoms with Gasteiger partial charge < -0.3 is 4.90 Å². The van der Waals surface area contributed by atoms with Crippen molar-refractivity contribution < 1.29 is 13.2 Å². The quantitative estimate of drug-likeness (QED) is 0.587. The molecule has 8 heteroatoms. The molecule has 2 aliphatic heterocycles. The predicted molar refractivity (Wildman–Crippen MR) is 127 cm³/mol. The molecule has 2 fully saturated rings. The number of pyridine rings is 1. The summed E-state index contributed by atoms with van der Waals surface area (Å²) >= 11 is 6.03. The summed E-state index contributed by atoms with van der Waals surface area (Å²) in [7, 11) is -2.91. The number of nitrogens with zero attached hydrogens (tertiary/aromatic N) is 3. The lowest BCUT2D eigenvalue weighted by Crippen LogP contribution is -2.52. The standard InChI is InChI=1S/C24H24ClN3O3S/c25-18-7-5-17(6-8-18)23-15-21(20-3-1-2-4-22(20)26-23)24(29)28-12-10-27(11-13-28)19-9-14-32(30,31)16-19/h1-8,15,19H,9-14,16H2/t19-/m0/s1. The zero-order valence-electron chi connectivity index (χ0n) is 17.6. The monoisotopic (exact) mass is 469 g/mol. The lowest BCUT2D eigenvalue weighted by molar-refractivity contribution is 0.0589. The molecule has 1 atom stereocenters. The molecule has 166 valence electrons. The van der Waals surface area contributed by atoms with Crippen molar-refractivity contribution in [1.29, 1.82) is 0 Å². The van der Waals surface area contributed by atoms with Crippen LogP contribution in [0.5, 0.6) is 0 Å². The van der Waals surface area contributed by atoms with E-state index in [1.807, 2.05) is 59.5 Å². The molecule has 0 bridgehead atoms. The van der Waals surface area contributed by atoms with Crippen LogP contribution >= 0.6 is 11.6 Å². The van der Waals surface area contributed by atoms with Crippen molar-refractivity contribution >= 4 is 38.2 Å². The van der Waals surface area contributed by atoms with Gasteiger partial charge in [0.05, 0.1) is 28.3 Å². The van der Waals surface area contributed by atoms with Gasteiger partial charge in [0, 0.05) is 48.2 Å². The third kappa shape index (κ3) is 4.25. The first-order valence-electron chi connectivity index (χ1n) is 10.8. The predicted octanol–water partition coefficient (Wildman–Crippen LogP) is 3.50. The van der Waals surface area contributed by atoms with Crippen molar-refractivity contribution in [2.24, 2.45) is 0 Å². The second-order valence-corrected chi connectivity index (χ2v) is 11.1. The summed E-state index contributed by atoms with van der Waals surface area (Å²) in [4.78, 5) is 22.4. The van der Waals surface area contributed by atoms with Gasteiger partial charge in [-0.25, -0.2) is 13.4 Å². The summed E-state index contributed by atoms with van der Waals surface area (Å²) in [6.45, 7) is 2.56. The lowest BCUT2D eigenvalue weighted by atomic mass is 10.0. The van der Waals surface area contributed by atoms with Crippen LogP contribution in [0.1, 0.15) is 16.8 Å². The number of rotatable bonds is 3. The summed E-state index contributed by atoms with van der Waals surface area (Å²) in [5, 5.41) is 1.48. The fourth-order valence-corrected chi connectivity index (χ4v) is 6.53. The van der Waals surface area contributed by atoms with Crippen LogP contribution in [-0.4, -0.2) is 72.8 Å². The molecule has 0 unspecified atom stereocenters. The van der Waals surface area contributed by atoms with Crippen molar-refractivity contribution in [1.82, 2.24) is 14.8 Å². The van der Waals surface area contributed by atoms with Crippen LogP contribution < -0.4 is 0 Å². The average molecular weight is 470 g/mol. The Labute approximate surface area is 192 Å². The number of carbonyl (C=O) groups is 1. The van der Waals surface area contributed by atoms with E-state index in [4.69, 9.17) is 16.6 Å². The van der Waals surface area contributed by atoms with E-state index in [9.17, 15) is 13.2 Å². The van der Waals surface area contributed by atoms with Crippen molar-refractivity contribution in [3.8, 4) is 11.3 Å². The maximum atomic E-state index is 13.5. The number of hydrogen-bond donors (Lipinski definition) is 0. The Morgan fingerprint density at radius 3 is 2.41 bits per heavy atom. The first kappa shape index (κ1) is 21.4. The zero-order valence-corrected chi connectivity index (χ0v) is 19.1. The fraction of sp³-hybridized carbons (Fsp3) is 0.333. The normalized spacial score (nSPS) is 21.2. The Balaban J connectivity index is 1.40. The highest BCUT2D eigenvalue weighted by molar-refractivity contribution is 7.91. The Hall–Kier alpha value is -2.48. The van der Waals surface area contributed by atoms with Crippen LogP contribution in [0.4, 0.5) is 0 Å². The minimum Gasteiger partial charge on any atom is -0.336 e. The van der Waals surface area contributed by atoms with E-state index in [0.717, 1.165) is 22.2 Å². The van der Waals surface area contributed by atoms with Crippen molar-refractivity contribution in [2.75, 3.05) is 37.7 Å². The number of amides is 1. The minimum absolute atomic E-state index is 0.0162. The van der Waals surface area contributed by atoms with Crippen LogP contribution in [-0.2, 0) is 9.84 Å². The smallest absolute Gasteiger partial charge is 0.254 e. The van der Waals surface area contributed by atoms with Crippen LogP contribution in [0.15, 0.2) is 54.6 Å². The number of para-hydroxylation sites is 1. The summed E-state index contributed by atoms with van der Waals surface area (Å²) in [6.07, 6.45) is 0.690. The third-order valence-corrected chi connectivity index (χ3v) is 8.42. The second kappa shape index (κ2) is 8.46. The number of benzene rings is 2. The molecule has 0 N–H and O–H groups in total. The molecule has 3 aromatic rings. The number of hydrogen-bond acceptors (Lipinski definition) is 5. The average Bonchev–Trinajstić information content (AvgIpc) is 3.18. The first-order valence-corrected chi connectivity index (χ1v) is 13.0. The van der Waals surface area contributed by atoms with Gasteiger partial charge in [-0.3, -0.25) is 9.69 Å². The second-order valence-electron chi connectivity index (χ2n) is 8.46.